The lowest BCUT2D eigenvalue weighted by Crippen LogP contribution is -2.36. The highest BCUT2D eigenvalue weighted by Gasteiger charge is 2.43. The maximum atomic E-state index is 14.5. The van der Waals surface area contributed by atoms with E-state index in [0.717, 1.165) is 28.7 Å². The lowest BCUT2D eigenvalue weighted by molar-refractivity contribution is -0.120. The van der Waals surface area contributed by atoms with E-state index in [1.807, 2.05) is 19.1 Å². The molecule has 3 aromatic rings. The van der Waals surface area contributed by atoms with Gasteiger partial charge in [-0.2, -0.15) is 0 Å². The molecular weight excluding hydrogens is 412 g/mol. The van der Waals surface area contributed by atoms with Crippen LogP contribution in [0.1, 0.15) is 18.1 Å². The van der Waals surface area contributed by atoms with Crippen LogP contribution in [-0.2, 0) is 16.0 Å². The van der Waals surface area contributed by atoms with E-state index in [1.165, 1.54) is 0 Å². The van der Waals surface area contributed by atoms with Crippen molar-refractivity contribution in [1.82, 2.24) is 9.88 Å². The Morgan fingerprint density at radius 1 is 0.938 bits per heavy atom. The van der Waals surface area contributed by atoms with Crippen molar-refractivity contribution in [3.05, 3.63) is 102 Å². The molecule has 2 heterocycles. The predicted octanol–water partition coefficient (Wildman–Crippen LogP) is 4.21. The Kier molecular flexibility index (Phi) is 6.07. The molecule has 0 spiro atoms. The largest absolute Gasteiger partial charge is 0.366 e. The van der Waals surface area contributed by atoms with Crippen molar-refractivity contribution in [2.45, 2.75) is 13.3 Å². The van der Waals surface area contributed by atoms with Crippen molar-refractivity contribution in [3.63, 3.8) is 0 Å². The van der Waals surface area contributed by atoms with Crippen molar-refractivity contribution < 1.29 is 18.4 Å². The summed E-state index contributed by atoms with van der Waals surface area (Å²) >= 11 is 0. The molecule has 0 saturated heterocycles. The number of nitrogens with zero attached hydrogens (tertiary/aromatic N) is 3. The number of rotatable bonds is 7. The van der Waals surface area contributed by atoms with E-state index in [1.54, 1.807) is 47.6 Å². The van der Waals surface area contributed by atoms with Crippen LogP contribution >= 0.6 is 0 Å². The van der Waals surface area contributed by atoms with Crippen molar-refractivity contribution in [3.8, 4) is 0 Å². The van der Waals surface area contributed by atoms with Gasteiger partial charge in [0.25, 0.3) is 11.8 Å². The van der Waals surface area contributed by atoms with Crippen molar-refractivity contribution in [1.29, 1.82) is 0 Å². The van der Waals surface area contributed by atoms with E-state index in [-0.39, 0.29) is 11.3 Å². The molecule has 7 heteroatoms. The number of anilines is 1. The van der Waals surface area contributed by atoms with Gasteiger partial charge in [-0.25, -0.2) is 13.7 Å². The molecule has 2 amide bonds. The molecule has 0 aliphatic carbocycles. The Bertz CT molecular complexity index is 1180. The highest BCUT2D eigenvalue weighted by atomic mass is 19.1. The minimum atomic E-state index is -0.846. The summed E-state index contributed by atoms with van der Waals surface area (Å²) in [6.45, 7) is 2.80. The van der Waals surface area contributed by atoms with E-state index in [9.17, 15) is 18.4 Å². The van der Waals surface area contributed by atoms with Crippen molar-refractivity contribution >= 4 is 23.1 Å². The van der Waals surface area contributed by atoms with Gasteiger partial charge in [0.05, 0.1) is 11.3 Å². The fourth-order valence-corrected chi connectivity index (χ4v) is 3.79. The molecule has 5 nitrogen and oxygen atoms in total. The Hall–Kier alpha value is -3.87. The van der Waals surface area contributed by atoms with Crippen LogP contribution in [0.5, 0.6) is 0 Å². The number of benzene rings is 2. The molecule has 4 rings (SSSR count). The number of amides is 2. The number of hydrogen-bond acceptors (Lipinski definition) is 4. The molecule has 0 bridgehead atoms. The van der Waals surface area contributed by atoms with Gasteiger partial charge in [-0.05, 0) is 48.7 Å². The van der Waals surface area contributed by atoms with E-state index in [2.05, 4.69) is 4.98 Å². The van der Waals surface area contributed by atoms with Crippen LogP contribution in [0.15, 0.2) is 78.8 Å². The summed E-state index contributed by atoms with van der Waals surface area (Å²) in [5.41, 5.74) is 1.54. The first kappa shape index (κ1) is 21.4. The smallest absolute Gasteiger partial charge is 0.282 e. The van der Waals surface area contributed by atoms with E-state index in [4.69, 9.17) is 0 Å². The molecule has 1 aromatic heterocycles. The normalized spacial score (nSPS) is 13.8. The average molecular weight is 433 g/mol. The zero-order valence-corrected chi connectivity index (χ0v) is 17.5. The predicted molar refractivity (Wildman–Crippen MR) is 117 cm³/mol. The van der Waals surface area contributed by atoms with Gasteiger partial charge in [0, 0.05) is 31.5 Å². The summed E-state index contributed by atoms with van der Waals surface area (Å²) in [5, 5.41) is 0. The third-order valence-corrected chi connectivity index (χ3v) is 5.39. The number of imide groups is 1. The summed E-state index contributed by atoms with van der Waals surface area (Å²) in [6.07, 6.45) is 4.01. The molecule has 0 N–H and O–H groups in total. The standard InChI is InChI=1S/C25H21F2N3O2/c1-2-29(15-12-17-10-13-28-14-11-17)23-22(18-6-4-3-5-7-18)24(31)30(25(23)32)21-16-19(26)8-9-20(21)27/h3-11,13-14,16H,2,12,15H2,1H3. The fourth-order valence-electron chi connectivity index (χ4n) is 3.79. The van der Waals surface area contributed by atoms with Crippen LogP contribution in [0.25, 0.3) is 5.57 Å². The van der Waals surface area contributed by atoms with E-state index >= 15 is 0 Å². The highest BCUT2D eigenvalue weighted by Crippen LogP contribution is 2.36. The van der Waals surface area contributed by atoms with Crippen molar-refractivity contribution in [2.24, 2.45) is 0 Å². The van der Waals surface area contributed by atoms with Crippen LogP contribution in [0.2, 0.25) is 0 Å². The summed E-state index contributed by atoms with van der Waals surface area (Å²) < 4.78 is 28.4. The molecule has 162 valence electrons. The van der Waals surface area contributed by atoms with E-state index < -0.39 is 29.1 Å². The summed E-state index contributed by atoms with van der Waals surface area (Å²) in [4.78, 5) is 33.4. The van der Waals surface area contributed by atoms with Gasteiger partial charge in [0.15, 0.2) is 0 Å². The Morgan fingerprint density at radius 3 is 2.34 bits per heavy atom. The first-order valence-electron chi connectivity index (χ1n) is 10.3. The topological polar surface area (TPSA) is 53.5 Å². The van der Waals surface area contributed by atoms with Gasteiger partial charge < -0.3 is 4.90 Å². The Morgan fingerprint density at radius 2 is 1.66 bits per heavy atom. The number of hydrogen-bond donors (Lipinski definition) is 0. The number of halogens is 2. The van der Waals surface area contributed by atoms with Crippen LogP contribution in [0.4, 0.5) is 14.5 Å². The third-order valence-electron chi connectivity index (χ3n) is 5.39. The first-order valence-corrected chi connectivity index (χ1v) is 10.3. The molecular formula is C25H21F2N3O2. The Balaban J connectivity index is 1.77. The first-order chi connectivity index (χ1) is 15.5. The second kappa shape index (κ2) is 9.09. The number of carbonyl (C=O) groups is 2. The SMILES string of the molecule is CCN(CCc1ccncc1)C1=C(c2ccccc2)C(=O)N(c2cc(F)ccc2F)C1=O. The van der Waals surface area contributed by atoms with Gasteiger partial charge in [-0.3, -0.25) is 14.6 Å². The molecule has 0 unspecified atom stereocenters. The fraction of sp³-hybridized carbons (Fsp3) is 0.160. The Labute approximate surface area is 184 Å². The van der Waals surface area contributed by atoms with Gasteiger partial charge >= 0.3 is 0 Å². The number of pyridine rings is 1. The second-order valence-corrected chi connectivity index (χ2v) is 7.32. The molecule has 0 saturated carbocycles. The molecule has 2 aromatic carbocycles. The molecule has 1 aliphatic rings. The average Bonchev–Trinajstić information content (AvgIpc) is 3.07. The summed E-state index contributed by atoms with van der Waals surface area (Å²) in [5.74, 6) is -2.93. The lowest BCUT2D eigenvalue weighted by atomic mass is 10.0. The maximum Gasteiger partial charge on any atom is 0.282 e. The zero-order valence-electron chi connectivity index (χ0n) is 17.5. The maximum absolute atomic E-state index is 14.5. The molecule has 32 heavy (non-hydrogen) atoms. The quantitative estimate of drug-likeness (QED) is 0.524. The highest BCUT2D eigenvalue weighted by molar-refractivity contribution is 6.45. The minimum absolute atomic E-state index is 0.177. The molecule has 1 aliphatic heterocycles. The summed E-state index contributed by atoms with van der Waals surface area (Å²) in [7, 11) is 0. The number of likely N-dealkylation sites (N-methyl/N-ethyl adjacent to an activating group) is 1. The van der Waals surface area contributed by atoms with E-state index in [0.29, 0.717) is 25.1 Å². The molecule has 0 atom stereocenters. The van der Waals surface area contributed by atoms with Gasteiger partial charge in [0.1, 0.15) is 17.3 Å². The lowest BCUT2D eigenvalue weighted by Gasteiger charge is -2.25. The van der Waals surface area contributed by atoms with Crippen LogP contribution in [-0.4, -0.2) is 34.8 Å². The number of carbonyl (C=O) groups excluding carboxylic acids is 2. The van der Waals surface area contributed by atoms with Crippen LogP contribution < -0.4 is 4.90 Å². The van der Waals surface area contributed by atoms with Crippen LogP contribution in [0.3, 0.4) is 0 Å². The minimum Gasteiger partial charge on any atom is -0.366 e. The van der Waals surface area contributed by atoms with Gasteiger partial charge in [-0.15, -0.1) is 0 Å². The van der Waals surface area contributed by atoms with Crippen molar-refractivity contribution in [2.75, 3.05) is 18.0 Å². The molecule has 0 radical (unpaired) electrons. The van der Waals surface area contributed by atoms with Crippen LogP contribution in [0, 0.1) is 11.6 Å². The molecule has 0 fully saturated rings. The monoisotopic (exact) mass is 433 g/mol. The second-order valence-electron chi connectivity index (χ2n) is 7.32. The van der Waals surface area contributed by atoms with Gasteiger partial charge in [0.2, 0.25) is 0 Å². The number of aromatic nitrogens is 1. The zero-order chi connectivity index (χ0) is 22.7. The summed E-state index contributed by atoms with van der Waals surface area (Å²) in [6, 6.07) is 15.3. The van der Waals surface area contributed by atoms with Gasteiger partial charge in [-0.1, -0.05) is 30.3 Å². The third kappa shape index (κ3) is 4.01.